The van der Waals surface area contributed by atoms with Crippen molar-refractivity contribution in [2.75, 3.05) is 5.32 Å². The molecule has 0 unspecified atom stereocenters. The van der Waals surface area contributed by atoms with Crippen LogP contribution in [-0.4, -0.2) is 11.8 Å². The molecule has 3 rings (SSSR count). The highest BCUT2D eigenvalue weighted by atomic mass is 32.1. The fraction of sp³-hybridized carbons (Fsp3) is 0.353. The lowest BCUT2D eigenvalue weighted by atomic mass is 9.95. The van der Waals surface area contributed by atoms with Crippen LogP contribution in [0.1, 0.15) is 45.8 Å². The Balaban J connectivity index is 1.83. The van der Waals surface area contributed by atoms with Crippen molar-refractivity contribution >= 4 is 28.2 Å². The number of furan rings is 1. The number of nitrogens with zero attached hydrogens (tertiary/aromatic N) is 1. The van der Waals surface area contributed by atoms with Gasteiger partial charge in [0.2, 0.25) is 5.91 Å². The van der Waals surface area contributed by atoms with Crippen molar-refractivity contribution in [3.05, 3.63) is 40.2 Å². The first-order valence-electron chi connectivity index (χ1n) is 7.81. The number of carbonyl (C=O) groups is 2. The third-order valence-electron chi connectivity index (χ3n) is 3.89. The maximum atomic E-state index is 12.7. The molecule has 0 radical (unpaired) electrons. The van der Waals surface area contributed by atoms with Crippen LogP contribution in [0.15, 0.2) is 22.8 Å². The number of thiophene rings is 1. The van der Waals surface area contributed by atoms with E-state index >= 15 is 0 Å². The molecular weight excluding hydrogens is 326 g/mol. The first kappa shape index (κ1) is 16.3. The van der Waals surface area contributed by atoms with E-state index in [1.54, 1.807) is 18.4 Å². The Morgan fingerprint density at radius 1 is 1.33 bits per heavy atom. The summed E-state index contributed by atoms with van der Waals surface area (Å²) < 4.78 is 5.22. The molecular formula is C17H17N3O3S. The molecule has 0 saturated heterocycles. The molecule has 7 heteroatoms. The number of rotatable bonds is 5. The molecule has 0 aliphatic heterocycles. The van der Waals surface area contributed by atoms with Gasteiger partial charge in [-0.05, 0) is 43.4 Å². The van der Waals surface area contributed by atoms with Crippen molar-refractivity contribution in [2.24, 2.45) is 0 Å². The number of nitriles is 1. The van der Waals surface area contributed by atoms with Gasteiger partial charge in [-0.25, -0.2) is 0 Å². The molecule has 2 amide bonds. The topological polar surface area (TPSA) is 95.1 Å². The molecule has 124 valence electrons. The van der Waals surface area contributed by atoms with Crippen LogP contribution in [0.2, 0.25) is 0 Å². The van der Waals surface area contributed by atoms with Gasteiger partial charge in [0.05, 0.1) is 24.4 Å². The smallest absolute Gasteiger partial charge is 0.254 e. The summed E-state index contributed by atoms with van der Waals surface area (Å²) in [5.74, 6) is 0.0525. The van der Waals surface area contributed by atoms with E-state index in [1.807, 2.05) is 6.07 Å². The molecule has 0 fully saturated rings. The summed E-state index contributed by atoms with van der Waals surface area (Å²) in [6.45, 7) is 0.294. The van der Waals surface area contributed by atoms with Crippen molar-refractivity contribution in [1.82, 2.24) is 5.32 Å². The van der Waals surface area contributed by atoms with Crippen LogP contribution < -0.4 is 10.6 Å². The molecule has 0 atom stereocenters. The van der Waals surface area contributed by atoms with Crippen molar-refractivity contribution < 1.29 is 14.0 Å². The molecule has 0 spiro atoms. The normalized spacial score (nSPS) is 13.0. The van der Waals surface area contributed by atoms with Gasteiger partial charge < -0.3 is 15.1 Å². The standard InChI is InChI=1S/C17H17N3O3S/c18-8-7-14(21)20-17-15(12-5-1-2-6-13(12)24-17)16(22)19-10-11-4-3-9-23-11/h3-4,9H,1-2,5-7,10H2,(H,19,22)(H,20,21). The van der Waals surface area contributed by atoms with Gasteiger partial charge in [0.15, 0.2) is 0 Å². The number of amides is 2. The Kier molecular flexibility index (Phi) is 4.96. The zero-order chi connectivity index (χ0) is 16.9. The predicted octanol–water partition coefficient (Wildman–Crippen LogP) is 3.00. The lowest BCUT2D eigenvalue weighted by Gasteiger charge is -2.13. The number of hydrogen-bond acceptors (Lipinski definition) is 5. The van der Waals surface area contributed by atoms with Crippen LogP contribution in [0.4, 0.5) is 5.00 Å². The van der Waals surface area contributed by atoms with Gasteiger partial charge in [0.25, 0.3) is 5.91 Å². The molecule has 1 aliphatic rings. The van der Waals surface area contributed by atoms with Crippen LogP contribution in [0.3, 0.4) is 0 Å². The van der Waals surface area contributed by atoms with E-state index in [-0.39, 0.29) is 12.3 Å². The molecule has 6 nitrogen and oxygen atoms in total. The highest BCUT2D eigenvalue weighted by molar-refractivity contribution is 7.17. The lowest BCUT2D eigenvalue weighted by Crippen LogP contribution is -2.25. The van der Waals surface area contributed by atoms with Crippen molar-refractivity contribution in [3.8, 4) is 6.07 Å². The van der Waals surface area contributed by atoms with Gasteiger partial charge in [-0.1, -0.05) is 0 Å². The summed E-state index contributed by atoms with van der Waals surface area (Å²) in [6.07, 6.45) is 5.22. The van der Waals surface area contributed by atoms with E-state index in [0.29, 0.717) is 22.9 Å². The Morgan fingerprint density at radius 3 is 2.92 bits per heavy atom. The monoisotopic (exact) mass is 343 g/mol. The number of fused-ring (bicyclic) bond motifs is 1. The highest BCUT2D eigenvalue weighted by Gasteiger charge is 2.26. The first-order chi connectivity index (χ1) is 11.7. The summed E-state index contributed by atoms with van der Waals surface area (Å²) in [4.78, 5) is 25.6. The average molecular weight is 343 g/mol. The van der Waals surface area contributed by atoms with Gasteiger partial charge in [-0.2, -0.15) is 5.26 Å². The Hall–Kier alpha value is -2.59. The maximum Gasteiger partial charge on any atom is 0.254 e. The summed E-state index contributed by atoms with van der Waals surface area (Å²) >= 11 is 1.44. The van der Waals surface area contributed by atoms with Crippen molar-refractivity contribution in [3.63, 3.8) is 0 Å². The molecule has 24 heavy (non-hydrogen) atoms. The second kappa shape index (κ2) is 7.32. The molecule has 0 saturated carbocycles. The van der Waals surface area contributed by atoms with Crippen LogP contribution in [-0.2, 0) is 24.2 Å². The predicted molar refractivity (Wildman–Crippen MR) is 89.7 cm³/mol. The summed E-state index contributed by atoms with van der Waals surface area (Å²) in [5, 5.41) is 14.7. The van der Waals surface area contributed by atoms with Gasteiger partial charge in [-0.15, -0.1) is 11.3 Å². The number of nitrogens with one attached hydrogen (secondary N) is 2. The maximum absolute atomic E-state index is 12.7. The molecule has 2 aromatic rings. The molecule has 2 aromatic heterocycles. The largest absolute Gasteiger partial charge is 0.467 e. The van der Waals surface area contributed by atoms with E-state index in [4.69, 9.17) is 9.68 Å². The Morgan fingerprint density at radius 2 is 2.17 bits per heavy atom. The molecule has 0 bridgehead atoms. The SMILES string of the molecule is N#CCC(=O)Nc1sc2c(c1C(=O)NCc1ccco1)CCCC2. The number of aryl methyl sites for hydroxylation is 1. The van der Waals surface area contributed by atoms with Crippen molar-refractivity contribution in [2.45, 2.75) is 38.6 Å². The molecule has 0 aromatic carbocycles. The van der Waals surface area contributed by atoms with Crippen molar-refractivity contribution in [1.29, 1.82) is 5.26 Å². The van der Waals surface area contributed by atoms with E-state index < -0.39 is 5.91 Å². The second-order valence-corrected chi connectivity index (χ2v) is 6.67. The zero-order valence-corrected chi connectivity index (χ0v) is 13.9. The molecule has 2 heterocycles. The molecule has 2 N–H and O–H groups in total. The van der Waals surface area contributed by atoms with Gasteiger partial charge in [0, 0.05) is 4.88 Å². The van der Waals surface area contributed by atoms with Crippen LogP contribution in [0.25, 0.3) is 0 Å². The third kappa shape index (κ3) is 3.49. The Bertz CT molecular complexity index is 787. The highest BCUT2D eigenvalue weighted by Crippen LogP contribution is 2.38. The number of carbonyl (C=O) groups excluding carboxylic acids is 2. The summed E-state index contributed by atoms with van der Waals surface area (Å²) in [7, 11) is 0. The van der Waals surface area contributed by atoms with Gasteiger partial charge in [0.1, 0.15) is 17.2 Å². The van der Waals surface area contributed by atoms with E-state index in [9.17, 15) is 9.59 Å². The third-order valence-corrected chi connectivity index (χ3v) is 5.10. The van der Waals surface area contributed by atoms with E-state index in [2.05, 4.69) is 10.6 Å². The zero-order valence-electron chi connectivity index (χ0n) is 13.1. The van der Waals surface area contributed by atoms with Crippen LogP contribution >= 0.6 is 11.3 Å². The van der Waals surface area contributed by atoms with Gasteiger partial charge in [-0.3, -0.25) is 9.59 Å². The minimum absolute atomic E-state index is 0.224. The van der Waals surface area contributed by atoms with Crippen LogP contribution in [0.5, 0.6) is 0 Å². The number of hydrogen-bond donors (Lipinski definition) is 2. The van der Waals surface area contributed by atoms with E-state index in [1.165, 1.54) is 11.3 Å². The minimum atomic E-state index is -0.392. The second-order valence-electron chi connectivity index (χ2n) is 5.56. The fourth-order valence-corrected chi connectivity index (χ4v) is 4.11. The Labute approximate surface area is 143 Å². The summed E-state index contributed by atoms with van der Waals surface area (Å²) in [5.41, 5.74) is 1.56. The fourth-order valence-electron chi connectivity index (χ4n) is 2.81. The lowest BCUT2D eigenvalue weighted by molar-refractivity contribution is -0.115. The molecule has 1 aliphatic carbocycles. The van der Waals surface area contributed by atoms with Crippen LogP contribution in [0, 0.1) is 11.3 Å². The number of anilines is 1. The first-order valence-corrected chi connectivity index (χ1v) is 8.62. The quantitative estimate of drug-likeness (QED) is 0.872. The minimum Gasteiger partial charge on any atom is -0.467 e. The van der Waals surface area contributed by atoms with Gasteiger partial charge >= 0.3 is 0 Å². The summed E-state index contributed by atoms with van der Waals surface area (Å²) in [6, 6.07) is 5.38. The van der Waals surface area contributed by atoms with E-state index in [0.717, 1.165) is 36.1 Å². The average Bonchev–Trinajstić information content (AvgIpc) is 3.20.